The highest BCUT2D eigenvalue weighted by Gasteiger charge is 2.25. The molecule has 0 fully saturated rings. The van der Waals surface area contributed by atoms with E-state index in [1.165, 1.54) is 84.0 Å². The van der Waals surface area contributed by atoms with Gasteiger partial charge in [0.15, 0.2) is 0 Å². The third-order valence-corrected chi connectivity index (χ3v) is 7.05. The molecule has 0 bridgehead atoms. The molecular formula is C27H57NO6P+. The predicted octanol–water partition coefficient (Wildman–Crippen LogP) is 6.92. The molecular weight excluding hydrogens is 465 g/mol. The summed E-state index contributed by atoms with van der Waals surface area (Å²) in [6, 6.07) is 0. The summed E-state index contributed by atoms with van der Waals surface area (Å²) in [5, 5.41) is 0. The smallest absolute Gasteiger partial charge is 0.381 e. The highest BCUT2D eigenvalue weighted by Crippen LogP contribution is 2.43. The lowest BCUT2D eigenvalue weighted by Gasteiger charge is -2.24. The molecule has 0 spiro atoms. The van der Waals surface area contributed by atoms with Crippen molar-refractivity contribution < 1.29 is 32.5 Å². The van der Waals surface area contributed by atoms with Gasteiger partial charge in [0.1, 0.15) is 18.9 Å². The van der Waals surface area contributed by atoms with Crippen LogP contribution in [0.1, 0.15) is 110 Å². The van der Waals surface area contributed by atoms with Crippen LogP contribution in [-0.4, -0.2) is 69.3 Å². The lowest BCUT2D eigenvalue weighted by molar-refractivity contribution is -0.870. The maximum absolute atomic E-state index is 12.1. The number of phosphoric ester groups is 1. The molecule has 8 heteroatoms. The predicted molar refractivity (Wildman–Crippen MR) is 145 cm³/mol. The molecule has 1 unspecified atom stereocenters. The normalized spacial score (nSPS) is 14.7. The van der Waals surface area contributed by atoms with Gasteiger partial charge in [0.2, 0.25) is 0 Å². The van der Waals surface area contributed by atoms with Crippen molar-refractivity contribution in [1.29, 1.82) is 0 Å². The molecule has 0 aromatic carbocycles. The van der Waals surface area contributed by atoms with Crippen LogP contribution in [0, 0.1) is 5.92 Å². The van der Waals surface area contributed by atoms with Crippen LogP contribution < -0.4 is 0 Å². The molecule has 0 radical (unpaired) electrons. The first-order valence-corrected chi connectivity index (χ1v) is 15.5. The first kappa shape index (κ1) is 34.7. The zero-order valence-electron chi connectivity index (χ0n) is 23.6. The monoisotopic (exact) mass is 522 g/mol. The van der Waals surface area contributed by atoms with Gasteiger partial charge in [0, 0.05) is 18.9 Å². The maximum Gasteiger partial charge on any atom is 0.472 e. The fourth-order valence-electron chi connectivity index (χ4n) is 3.89. The molecule has 0 rings (SSSR count). The lowest BCUT2D eigenvalue weighted by Crippen LogP contribution is -2.37. The van der Waals surface area contributed by atoms with Crippen LogP contribution in [0.4, 0.5) is 0 Å². The SMILES string of the molecule is CCCCCCCCCCCCCCCCOC[C@H](COP(=O)(O)OCC[N+](C)(C)C)CC(C)=O. The maximum atomic E-state index is 12.1. The van der Waals surface area contributed by atoms with E-state index in [4.69, 9.17) is 13.8 Å². The average molecular weight is 523 g/mol. The van der Waals surface area contributed by atoms with Gasteiger partial charge < -0.3 is 18.9 Å². The van der Waals surface area contributed by atoms with E-state index in [9.17, 15) is 14.3 Å². The minimum atomic E-state index is -4.13. The van der Waals surface area contributed by atoms with E-state index in [-0.39, 0.29) is 31.3 Å². The molecule has 0 amide bonds. The van der Waals surface area contributed by atoms with Crippen molar-refractivity contribution in [3.05, 3.63) is 0 Å². The molecule has 0 heterocycles. The van der Waals surface area contributed by atoms with Gasteiger partial charge in [-0.05, 0) is 13.3 Å². The van der Waals surface area contributed by atoms with Crippen molar-refractivity contribution >= 4 is 13.6 Å². The summed E-state index contributed by atoms with van der Waals surface area (Å²) in [5.41, 5.74) is 0. The highest BCUT2D eigenvalue weighted by atomic mass is 31.2. The Bertz CT molecular complexity index is 552. The number of carbonyl (C=O) groups excluding carboxylic acids is 1. The average Bonchev–Trinajstić information content (AvgIpc) is 2.75. The summed E-state index contributed by atoms with van der Waals surface area (Å²) >= 11 is 0. The molecule has 2 atom stereocenters. The molecule has 0 aromatic rings. The van der Waals surface area contributed by atoms with Gasteiger partial charge in [-0.3, -0.25) is 9.05 Å². The molecule has 0 aliphatic rings. The Morgan fingerprint density at radius 3 is 1.71 bits per heavy atom. The zero-order chi connectivity index (χ0) is 26.4. The third-order valence-electron chi connectivity index (χ3n) is 6.06. The number of hydrogen-bond donors (Lipinski definition) is 1. The highest BCUT2D eigenvalue weighted by molar-refractivity contribution is 7.47. The van der Waals surface area contributed by atoms with Crippen LogP contribution in [0.3, 0.4) is 0 Å². The summed E-state index contributed by atoms with van der Waals surface area (Å²) in [7, 11) is 1.80. The van der Waals surface area contributed by atoms with Crippen molar-refractivity contribution in [3.63, 3.8) is 0 Å². The number of ketones is 1. The second-order valence-corrected chi connectivity index (χ2v) is 12.5. The van der Waals surface area contributed by atoms with Crippen molar-refractivity contribution in [3.8, 4) is 0 Å². The summed E-state index contributed by atoms with van der Waals surface area (Å²) in [4.78, 5) is 21.4. The van der Waals surface area contributed by atoms with E-state index in [1.807, 2.05) is 21.1 Å². The van der Waals surface area contributed by atoms with Crippen LogP contribution in [0.25, 0.3) is 0 Å². The summed E-state index contributed by atoms with van der Waals surface area (Å²) in [6.07, 6.45) is 18.7. The number of likely N-dealkylation sites (N-methyl/N-ethyl adjacent to an activating group) is 1. The first-order valence-electron chi connectivity index (χ1n) is 14.0. The second kappa shape index (κ2) is 21.8. The van der Waals surface area contributed by atoms with Crippen molar-refractivity contribution in [2.75, 3.05) is 54.1 Å². The van der Waals surface area contributed by atoms with Crippen molar-refractivity contribution in [2.24, 2.45) is 5.92 Å². The fourth-order valence-corrected chi connectivity index (χ4v) is 4.67. The number of quaternary nitrogens is 1. The molecule has 1 N–H and O–H groups in total. The zero-order valence-corrected chi connectivity index (χ0v) is 24.5. The lowest BCUT2D eigenvalue weighted by atomic mass is 10.0. The molecule has 210 valence electrons. The van der Waals surface area contributed by atoms with Crippen LogP contribution in [0.5, 0.6) is 0 Å². The molecule has 0 saturated carbocycles. The van der Waals surface area contributed by atoms with Gasteiger partial charge in [0.25, 0.3) is 0 Å². The third kappa shape index (κ3) is 26.6. The topological polar surface area (TPSA) is 82.1 Å². The quantitative estimate of drug-likeness (QED) is 0.0754. The number of Topliss-reactive ketones (excluding diaryl/α,β-unsaturated/α-hetero) is 1. The first-order chi connectivity index (χ1) is 16.6. The Balaban J connectivity index is 3.77. The minimum absolute atomic E-state index is 0.0115. The molecule has 0 aliphatic heterocycles. The van der Waals surface area contributed by atoms with Crippen LogP contribution in [0.2, 0.25) is 0 Å². The molecule has 35 heavy (non-hydrogen) atoms. The van der Waals surface area contributed by atoms with E-state index < -0.39 is 7.82 Å². The van der Waals surface area contributed by atoms with Crippen molar-refractivity contribution in [2.45, 2.75) is 110 Å². The largest absolute Gasteiger partial charge is 0.472 e. The van der Waals surface area contributed by atoms with Crippen molar-refractivity contribution in [1.82, 2.24) is 0 Å². The molecule has 0 saturated heterocycles. The number of nitrogens with zero attached hydrogens (tertiary/aromatic N) is 1. The van der Waals surface area contributed by atoms with Gasteiger partial charge in [-0.2, -0.15) is 0 Å². The summed E-state index contributed by atoms with van der Waals surface area (Å²) in [6.45, 7) is 5.45. The Labute approximate surface area is 216 Å². The Morgan fingerprint density at radius 2 is 1.26 bits per heavy atom. The Hall–Kier alpha value is -0.300. The van der Waals surface area contributed by atoms with Gasteiger partial charge in [-0.1, -0.05) is 90.4 Å². The van der Waals surface area contributed by atoms with Crippen LogP contribution in [-0.2, 0) is 23.1 Å². The minimum Gasteiger partial charge on any atom is -0.381 e. The molecule has 0 aliphatic carbocycles. The van der Waals surface area contributed by atoms with Gasteiger partial charge in [0.05, 0.1) is 34.4 Å². The summed E-state index contributed by atoms with van der Waals surface area (Å²) in [5.74, 6) is -0.237. The van der Waals surface area contributed by atoms with E-state index in [1.54, 1.807) is 0 Å². The number of rotatable bonds is 26. The molecule has 0 aromatic heterocycles. The van der Waals surface area contributed by atoms with Gasteiger partial charge in [-0.15, -0.1) is 0 Å². The van der Waals surface area contributed by atoms with E-state index in [0.717, 1.165) is 12.8 Å². The number of phosphoric acid groups is 1. The van der Waals surface area contributed by atoms with E-state index in [0.29, 0.717) is 24.2 Å². The fraction of sp³-hybridized carbons (Fsp3) is 0.963. The van der Waals surface area contributed by atoms with Gasteiger partial charge in [-0.25, -0.2) is 4.57 Å². The second-order valence-electron chi connectivity index (χ2n) is 11.1. The number of carbonyl (C=O) groups is 1. The van der Waals surface area contributed by atoms with Gasteiger partial charge >= 0.3 is 7.82 Å². The number of hydrogen-bond acceptors (Lipinski definition) is 5. The standard InChI is InChI=1S/C27H56NO6P/c1-6-7-8-9-10-11-12-13-14-15-16-17-18-19-21-32-24-27(23-26(2)29)25-34-35(30,31)33-22-20-28(3,4)5/h27H,6-25H2,1-5H3/p+1/t27-/m1/s1. The van der Waals surface area contributed by atoms with E-state index in [2.05, 4.69) is 6.92 Å². The summed E-state index contributed by atoms with van der Waals surface area (Å²) < 4.78 is 28.6. The number of unbranched alkanes of at least 4 members (excludes halogenated alkanes) is 13. The molecule has 7 nitrogen and oxygen atoms in total. The Morgan fingerprint density at radius 1 is 0.771 bits per heavy atom. The number of ether oxygens (including phenoxy) is 1. The van der Waals surface area contributed by atoms with Crippen LogP contribution in [0.15, 0.2) is 0 Å². The van der Waals surface area contributed by atoms with E-state index >= 15 is 0 Å². The Kier molecular flexibility index (Phi) is 21.6. The van der Waals surface area contributed by atoms with Crippen LogP contribution >= 0.6 is 7.82 Å².